The molecular weight excluding hydrogens is 216 g/mol. The molecule has 2 rings (SSSR count). The zero-order valence-corrected chi connectivity index (χ0v) is 10.4. The van der Waals surface area contributed by atoms with Crippen LogP contribution in [-0.2, 0) is 0 Å². The number of aryl methyl sites for hydroxylation is 1. The van der Waals surface area contributed by atoms with E-state index in [2.05, 4.69) is 29.2 Å². The molecule has 0 bridgehead atoms. The summed E-state index contributed by atoms with van der Waals surface area (Å²) in [6.07, 6.45) is 1.53. The van der Waals surface area contributed by atoms with Crippen LogP contribution in [-0.4, -0.2) is 32.4 Å². The minimum Gasteiger partial charge on any atom is -0.394 e. The molecule has 2 aromatic heterocycles. The zero-order chi connectivity index (χ0) is 12.4. The van der Waals surface area contributed by atoms with Gasteiger partial charge in [0.25, 0.3) is 0 Å². The number of rotatable bonds is 4. The summed E-state index contributed by atoms with van der Waals surface area (Å²) in [5, 5.41) is 16.8. The van der Waals surface area contributed by atoms with Crippen LogP contribution in [0.25, 0.3) is 5.65 Å². The lowest BCUT2D eigenvalue weighted by atomic mass is 10.1. The number of hydrogen-bond donors (Lipinski definition) is 2. The predicted octanol–water partition coefficient (Wildman–Crippen LogP) is 1.47. The molecule has 17 heavy (non-hydrogen) atoms. The molecule has 0 aliphatic rings. The van der Waals surface area contributed by atoms with E-state index in [1.54, 1.807) is 4.52 Å². The number of nitrogens with zero attached hydrogens (tertiary/aromatic N) is 3. The maximum absolute atomic E-state index is 9.34. The van der Waals surface area contributed by atoms with Gasteiger partial charge in [0.2, 0.25) is 0 Å². The molecule has 1 atom stereocenters. The first kappa shape index (κ1) is 11.9. The SMILES string of the molecule is Cc1cc(N[C@H](CO)C(C)C)n2ncnc2c1. The molecular formula is C12H18N4O. The molecule has 0 aromatic carbocycles. The number of anilines is 1. The molecule has 0 saturated carbocycles. The van der Waals surface area contributed by atoms with Gasteiger partial charge in [-0.25, -0.2) is 4.98 Å². The fourth-order valence-electron chi connectivity index (χ4n) is 1.77. The maximum Gasteiger partial charge on any atom is 0.157 e. The summed E-state index contributed by atoms with van der Waals surface area (Å²) in [4.78, 5) is 4.17. The second-order valence-electron chi connectivity index (χ2n) is 4.63. The number of hydrogen-bond acceptors (Lipinski definition) is 4. The van der Waals surface area contributed by atoms with Crippen molar-refractivity contribution in [3.63, 3.8) is 0 Å². The van der Waals surface area contributed by atoms with E-state index >= 15 is 0 Å². The van der Waals surface area contributed by atoms with E-state index in [0.717, 1.165) is 17.0 Å². The van der Waals surface area contributed by atoms with Gasteiger partial charge in [0, 0.05) is 0 Å². The predicted molar refractivity (Wildman–Crippen MR) is 67.1 cm³/mol. The van der Waals surface area contributed by atoms with Crippen molar-refractivity contribution in [3.05, 3.63) is 24.0 Å². The Balaban J connectivity index is 2.37. The van der Waals surface area contributed by atoms with Gasteiger partial charge in [0.15, 0.2) is 5.65 Å². The highest BCUT2D eigenvalue weighted by molar-refractivity contribution is 5.51. The van der Waals surface area contributed by atoms with Gasteiger partial charge in [0.05, 0.1) is 12.6 Å². The van der Waals surface area contributed by atoms with Crippen LogP contribution in [0.3, 0.4) is 0 Å². The standard InChI is InChI=1S/C12H18N4O/c1-8(2)10(6-17)15-12-5-9(3)4-11-13-7-14-16(11)12/h4-5,7-8,10,15,17H,6H2,1-3H3/t10-/m1/s1. The molecule has 5 heteroatoms. The number of aliphatic hydroxyl groups is 1. The summed E-state index contributed by atoms with van der Waals surface area (Å²) in [7, 11) is 0. The first-order chi connectivity index (χ1) is 8.11. The Hall–Kier alpha value is -1.62. The Morgan fingerprint density at radius 1 is 1.41 bits per heavy atom. The molecule has 2 N–H and O–H groups in total. The van der Waals surface area contributed by atoms with Crippen molar-refractivity contribution in [3.8, 4) is 0 Å². The van der Waals surface area contributed by atoms with Gasteiger partial charge in [-0.15, -0.1) is 0 Å². The average Bonchev–Trinajstić information content (AvgIpc) is 2.72. The topological polar surface area (TPSA) is 62.5 Å². The molecule has 0 aliphatic carbocycles. The molecule has 5 nitrogen and oxygen atoms in total. The highest BCUT2D eigenvalue weighted by Gasteiger charge is 2.14. The van der Waals surface area contributed by atoms with Gasteiger partial charge < -0.3 is 10.4 Å². The second kappa shape index (κ2) is 4.71. The fourth-order valence-corrected chi connectivity index (χ4v) is 1.77. The first-order valence-electron chi connectivity index (χ1n) is 5.79. The van der Waals surface area contributed by atoms with Crippen molar-refractivity contribution in [2.24, 2.45) is 5.92 Å². The van der Waals surface area contributed by atoms with Gasteiger partial charge in [-0.1, -0.05) is 13.8 Å². The van der Waals surface area contributed by atoms with E-state index in [4.69, 9.17) is 0 Å². The van der Waals surface area contributed by atoms with Gasteiger partial charge >= 0.3 is 0 Å². The summed E-state index contributed by atoms with van der Waals surface area (Å²) >= 11 is 0. The van der Waals surface area contributed by atoms with E-state index in [-0.39, 0.29) is 12.6 Å². The Bertz CT molecular complexity index is 506. The summed E-state index contributed by atoms with van der Waals surface area (Å²) < 4.78 is 1.75. The lowest BCUT2D eigenvalue weighted by Crippen LogP contribution is -2.30. The largest absolute Gasteiger partial charge is 0.394 e. The van der Waals surface area contributed by atoms with Gasteiger partial charge in [-0.2, -0.15) is 9.61 Å². The van der Waals surface area contributed by atoms with Crippen LogP contribution in [0.1, 0.15) is 19.4 Å². The Morgan fingerprint density at radius 3 is 2.82 bits per heavy atom. The van der Waals surface area contributed by atoms with Crippen molar-refractivity contribution in [2.75, 3.05) is 11.9 Å². The Morgan fingerprint density at radius 2 is 2.18 bits per heavy atom. The zero-order valence-electron chi connectivity index (χ0n) is 10.4. The molecule has 0 unspecified atom stereocenters. The minimum absolute atomic E-state index is 0.0178. The third kappa shape index (κ3) is 2.39. The van der Waals surface area contributed by atoms with Crippen LogP contribution in [0, 0.1) is 12.8 Å². The van der Waals surface area contributed by atoms with E-state index in [1.165, 1.54) is 6.33 Å². The van der Waals surface area contributed by atoms with E-state index < -0.39 is 0 Å². The van der Waals surface area contributed by atoms with Gasteiger partial charge in [-0.3, -0.25) is 0 Å². The number of fused-ring (bicyclic) bond motifs is 1. The lowest BCUT2D eigenvalue weighted by molar-refractivity contribution is 0.249. The highest BCUT2D eigenvalue weighted by atomic mass is 16.3. The van der Waals surface area contributed by atoms with Crippen molar-refractivity contribution < 1.29 is 5.11 Å². The number of pyridine rings is 1. The second-order valence-corrected chi connectivity index (χ2v) is 4.63. The normalized spacial score (nSPS) is 13.2. The van der Waals surface area contributed by atoms with Crippen LogP contribution in [0.5, 0.6) is 0 Å². The quantitative estimate of drug-likeness (QED) is 0.841. The molecule has 92 valence electrons. The third-order valence-corrected chi connectivity index (χ3v) is 2.86. The Labute approximate surface area is 100 Å². The summed E-state index contributed by atoms with van der Waals surface area (Å²) in [6.45, 7) is 6.26. The molecule has 0 saturated heterocycles. The van der Waals surface area contributed by atoms with Gasteiger partial charge in [-0.05, 0) is 30.5 Å². The van der Waals surface area contributed by atoms with E-state index in [0.29, 0.717) is 5.92 Å². The smallest absolute Gasteiger partial charge is 0.157 e. The van der Waals surface area contributed by atoms with Crippen molar-refractivity contribution >= 4 is 11.5 Å². The molecule has 0 aliphatic heterocycles. The third-order valence-electron chi connectivity index (χ3n) is 2.86. The minimum atomic E-state index is 0.0178. The first-order valence-corrected chi connectivity index (χ1v) is 5.79. The summed E-state index contributed by atoms with van der Waals surface area (Å²) in [5.41, 5.74) is 1.93. The highest BCUT2D eigenvalue weighted by Crippen LogP contribution is 2.16. The number of nitrogens with one attached hydrogen (secondary N) is 1. The summed E-state index contributed by atoms with van der Waals surface area (Å²) in [5.74, 6) is 1.21. The van der Waals surface area contributed by atoms with Crippen molar-refractivity contribution in [2.45, 2.75) is 26.8 Å². The Kier molecular flexibility index (Phi) is 3.28. The van der Waals surface area contributed by atoms with Crippen LogP contribution in [0.2, 0.25) is 0 Å². The molecule has 0 radical (unpaired) electrons. The molecule has 2 heterocycles. The summed E-state index contributed by atoms with van der Waals surface area (Å²) in [6, 6.07) is 4.00. The van der Waals surface area contributed by atoms with E-state index in [9.17, 15) is 5.11 Å². The number of aliphatic hydroxyl groups excluding tert-OH is 1. The lowest BCUT2D eigenvalue weighted by Gasteiger charge is -2.21. The monoisotopic (exact) mass is 234 g/mol. The van der Waals surface area contributed by atoms with Crippen molar-refractivity contribution in [1.82, 2.24) is 14.6 Å². The molecule has 0 spiro atoms. The van der Waals surface area contributed by atoms with Crippen molar-refractivity contribution in [1.29, 1.82) is 0 Å². The number of aromatic nitrogens is 3. The van der Waals surface area contributed by atoms with Crippen LogP contribution >= 0.6 is 0 Å². The van der Waals surface area contributed by atoms with E-state index in [1.807, 2.05) is 19.1 Å². The fraction of sp³-hybridized carbons (Fsp3) is 0.500. The molecule has 0 fully saturated rings. The van der Waals surface area contributed by atoms with Crippen LogP contribution in [0.4, 0.5) is 5.82 Å². The molecule has 0 amide bonds. The molecule has 2 aromatic rings. The maximum atomic E-state index is 9.34. The average molecular weight is 234 g/mol. The van der Waals surface area contributed by atoms with Crippen LogP contribution in [0.15, 0.2) is 18.5 Å². The van der Waals surface area contributed by atoms with Gasteiger partial charge in [0.1, 0.15) is 12.1 Å². The van der Waals surface area contributed by atoms with Crippen LogP contribution < -0.4 is 5.32 Å².